The Labute approximate surface area is 133 Å². The predicted octanol–water partition coefficient (Wildman–Crippen LogP) is 3.98. The second-order valence-corrected chi connectivity index (χ2v) is 6.21. The molecule has 1 atom stereocenters. The highest BCUT2D eigenvalue weighted by atomic mass is 79.9. The minimum atomic E-state index is 0.0424. The van der Waals surface area contributed by atoms with Gasteiger partial charge in [-0.2, -0.15) is 0 Å². The fourth-order valence-corrected chi connectivity index (χ4v) is 3.03. The lowest BCUT2D eigenvalue weighted by molar-refractivity contribution is 0.291. The molecule has 0 spiro atoms. The summed E-state index contributed by atoms with van der Waals surface area (Å²) in [6.45, 7) is 3.22. The molecular weight excluding hydrogens is 330 g/mol. The summed E-state index contributed by atoms with van der Waals surface area (Å²) in [5.74, 6) is 1.82. The first-order valence-electron chi connectivity index (χ1n) is 7.06. The standard InChI is InChI=1S/C17H18BrNO2/c1-11(19)12-2-4-16(5-3-12)21-10-14-9-15(18)8-13-6-7-20-17(13)14/h2-5,8-9,11H,6-7,10,19H2,1H3/t11-/m0/s1. The zero-order valence-electron chi connectivity index (χ0n) is 11.9. The van der Waals surface area contributed by atoms with Crippen LogP contribution < -0.4 is 15.2 Å². The second kappa shape index (κ2) is 6.08. The van der Waals surface area contributed by atoms with Crippen molar-refractivity contribution >= 4 is 15.9 Å². The Balaban J connectivity index is 1.73. The number of benzene rings is 2. The van der Waals surface area contributed by atoms with Gasteiger partial charge in [-0.3, -0.25) is 0 Å². The molecular formula is C17H18BrNO2. The van der Waals surface area contributed by atoms with Crippen molar-refractivity contribution in [3.63, 3.8) is 0 Å². The van der Waals surface area contributed by atoms with Crippen LogP contribution in [0.2, 0.25) is 0 Å². The molecule has 1 aliphatic rings. The van der Waals surface area contributed by atoms with Crippen LogP contribution in [-0.4, -0.2) is 6.61 Å². The van der Waals surface area contributed by atoms with Gasteiger partial charge in [-0.05, 0) is 42.3 Å². The molecule has 0 amide bonds. The van der Waals surface area contributed by atoms with E-state index in [1.165, 1.54) is 5.56 Å². The highest BCUT2D eigenvalue weighted by Gasteiger charge is 2.17. The van der Waals surface area contributed by atoms with Crippen molar-refractivity contribution in [3.8, 4) is 11.5 Å². The average Bonchev–Trinajstić information content (AvgIpc) is 2.93. The molecule has 0 fully saturated rings. The maximum absolute atomic E-state index is 5.87. The summed E-state index contributed by atoms with van der Waals surface area (Å²) in [6.07, 6.45) is 0.963. The number of halogens is 1. The molecule has 3 rings (SSSR count). The number of nitrogens with two attached hydrogens (primary N) is 1. The SMILES string of the molecule is C[C@H](N)c1ccc(OCc2cc(Br)cc3c2OCC3)cc1. The van der Waals surface area contributed by atoms with Crippen LogP contribution in [0, 0.1) is 0 Å². The van der Waals surface area contributed by atoms with Crippen molar-refractivity contribution in [2.75, 3.05) is 6.61 Å². The first-order chi connectivity index (χ1) is 10.1. The first kappa shape index (κ1) is 14.4. The van der Waals surface area contributed by atoms with E-state index in [4.69, 9.17) is 15.2 Å². The Morgan fingerprint density at radius 1 is 1.29 bits per heavy atom. The molecule has 3 nitrogen and oxygen atoms in total. The molecule has 0 aromatic heterocycles. The van der Waals surface area contributed by atoms with Gasteiger partial charge in [0.15, 0.2) is 0 Å². The molecule has 2 aromatic carbocycles. The Kier molecular flexibility index (Phi) is 4.17. The first-order valence-corrected chi connectivity index (χ1v) is 7.85. The lowest BCUT2D eigenvalue weighted by Crippen LogP contribution is -2.04. The highest BCUT2D eigenvalue weighted by molar-refractivity contribution is 9.10. The van der Waals surface area contributed by atoms with Gasteiger partial charge in [0.2, 0.25) is 0 Å². The third-order valence-corrected chi connectivity index (χ3v) is 4.08. The van der Waals surface area contributed by atoms with Crippen molar-refractivity contribution < 1.29 is 9.47 Å². The molecule has 0 saturated heterocycles. The van der Waals surface area contributed by atoms with E-state index in [9.17, 15) is 0 Å². The molecule has 4 heteroatoms. The Morgan fingerprint density at radius 3 is 2.76 bits per heavy atom. The predicted molar refractivity (Wildman–Crippen MR) is 86.7 cm³/mol. The van der Waals surface area contributed by atoms with E-state index >= 15 is 0 Å². The van der Waals surface area contributed by atoms with Gasteiger partial charge in [0.1, 0.15) is 18.1 Å². The minimum Gasteiger partial charge on any atom is -0.493 e. The second-order valence-electron chi connectivity index (χ2n) is 5.30. The Hall–Kier alpha value is -1.52. The molecule has 21 heavy (non-hydrogen) atoms. The van der Waals surface area contributed by atoms with E-state index in [2.05, 4.69) is 28.1 Å². The number of rotatable bonds is 4. The third-order valence-electron chi connectivity index (χ3n) is 3.63. The zero-order chi connectivity index (χ0) is 14.8. The molecule has 0 radical (unpaired) electrons. The van der Waals surface area contributed by atoms with Crippen molar-refractivity contribution in [3.05, 3.63) is 57.6 Å². The van der Waals surface area contributed by atoms with Gasteiger partial charge in [0.05, 0.1) is 6.61 Å². The van der Waals surface area contributed by atoms with Crippen LogP contribution in [0.1, 0.15) is 29.7 Å². The number of ether oxygens (including phenoxy) is 2. The Bertz CT molecular complexity index is 638. The van der Waals surface area contributed by atoms with Crippen LogP contribution in [0.15, 0.2) is 40.9 Å². The fraction of sp³-hybridized carbons (Fsp3) is 0.294. The van der Waals surface area contributed by atoms with Crippen LogP contribution >= 0.6 is 15.9 Å². The van der Waals surface area contributed by atoms with Crippen molar-refractivity contribution in [1.82, 2.24) is 0 Å². The molecule has 110 valence electrons. The van der Waals surface area contributed by atoms with E-state index in [0.29, 0.717) is 6.61 Å². The average molecular weight is 348 g/mol. The molecule has 1 heterocycles. The largest absolute Gasteiger partial charge is 0.493 e. The van der Waals surface area contributed by atoms with Crippen LogP contribution in [0.4, 0.5) is 0 Å². The fourth-order valence-electron chi connectivity index (χ4n) is 2.48. The Morgan fingerprint density at radius 2 is 2.05 bits per heavy atom. The van der Waals surface area contributed by atoms with E-state index < -0.39 is 0 Å². The molecule has 2 aromatic rings. The van der Waals surface area contributed by atoms with E-state index in [1.54, 1.807) is 0 Å². The lowest BCUT2D eigenvalue weighted by Gasteiger charge is -2.12. The molecule has 0 aliphatic carbocycles. The molecule has 0 bridgehead atoms. The van der Waals surface area contributed by atoms with Crippen LogP contribution in [0.3, 0.4) is 0 Å². The lowest BCUT2D eigenvalue weighted by atomic mass is 10.1. The van der Waals surface area contributed by atoms with Gasteiger partial charge in [-0.25, -0.2) is 0 Å². The zero-order valence-corrected chi connectivity index (χ0v) is 13.5. The summed E-state index contributed by atoms with van der Waals surface area (Å²) in [4.78, 5) is 0. The molecule has 0 saturated carbocycles. The number of fused-ring (bicyclic) bond motifs is 1. The van der Waals surface area contributed by atoms with Crippen molar-refractivity contribution in [2.45, 2.75) is 26.0 Å². The smallest absolute Gasteiger partial charge is 0.129 e. The molecule has 0 unspecified atom stereocenters. The maximum atomic E-state index is 5.87. The molecule has 2 N–H and O–H groups in total. The summed E-state index contributed by atoms with van der Waals surface area (Å²) < 4.78 is 12.6. The van der Waals surface area contributed by atoms with Gasteiger partial charge in [-0.15, -0.1) is 0 Å². The summed E-state index contributed by atoms with van der Waals surface area (Å²) in [5, 5.41) is 0. The van der Waals surface area contributed by atoms with Gasteiger partial charge < -0.3 is 15.2 Å². The van der Waals surface area contributed by atoms with E-state index in [0.717, 1.165) is 40.1 Å². The topological polar surface area (TPSA) is 44.5 Å². The quantitative estimate of drug-likeness (QED) is 0.909. The number of hydrogen-bond acceptors (Lipinski definition) is 3. The van der Waals surface area contributed by atoms with Crippen LogP contribution in [0.5, 0.6) is 11.5 Å². The van der Waals surface area contributed by atoms with Crippen molar-refractivity contribution in [1.29, 1.82) is 0 Å². The number of hydrogen-bond donors (Lipinski definition) is 1. The summed E-state index contributed by atoms with van der Waals surface area (Å²) >= 11 is 3.54. The van der Waals surface area contributed by atoms with Crippen LogP contribution in [0.25, 0.3) is 0 Å². The van der Waals surface area contributed by atoms with Gasteiger partial charge >= 0.3 is 0 Å². The molecule has 1 aliphatic heterocycles. The summed E-state index contributed by atoms with van der Waals surface area (Å²) in [7, 11) is 0. The monoisotopic (exact) mass is 347 g/mol. The summed E-state index contributed by atoms with van der Waals surface area (Å²) in [6, 6.07) is 12.1. The van der Waals surface area contributed by atoms with E-state index in [1.807, 2.05) is 31.2 Å². The van der Waals surface area contributed by atoms with Gasteiger partial charge in [-0.1, -0.05) is 28.1 Å². The maximum Gasteiger partial charge on any atom is 0.129 e. The minimum absolute atomic E-state index is 0.0424. The normalized spacial score (nSPS) is 14.4. The van der Waals surface area contributed by atoms with Crippen molar-refractivity contribution in [2.24, 2.45) is 5.73 Å². The van der Waals surface area contributed by atoms with Crippen LogP contribution in [-0.2, 0) is 13.0 Å². The van der Waals surface area contributed by atoms with Gasteiger partial charge in [0.25, 0.3) is 0 Å². The summed E-state index contributed by atoms with van der Waals surface area (Å²) in [5.41, 5.74) is 9.27. The van der Waals surface area contributed by atoms with Gasteiger partial charge in [0, 0.05) is 22.5 Å². The van der Waals surface area contributed by atoms with E-state index in [-0.39, 0.29) is 6.04 Å². The third kappa shape index (κ3) is 3.22. The highest BCUT2D eigenvalue weighted by Crippen LogP contribution is 2.33.